The molecule has 4 nitrogen and oxygen atoms in total. The van der Waals surface area contributed by atoms with Crippen molar-refractivity contribution >= 4 is 23.2 Å². The summed E-state index contributed by atoms with van der Waals surface area (Å²) < 4.78 is 14.5. The average Bonchev–Trinajstić information content (AvgIpc) is 2.63. The molecule has 1 aliphatic rings. The van der Waals surface area contributed by atoms with Gasteiger partial charge in [-0.15, -0.1) is 0 Å². The Morgan fingerprint density at radius 1 is 1.24 bits per heavy atom. The summed E-state index contributed by atoms with van der Waals surface area (Å²) in [5.41, 5.74) is 7.33. The van der Waals surface area contributed by atoms with Gasteiger partial charge in [0.2, 0.25) is 5.91 Å². The van der Waals surface area contributed by atoms with E-state index in [1.807, 2.05) is 0 Å². The van der Waals surface area contributed by atoms with Crippen LogP contribution in [0, 0.1) is 11.7 Å². The molecule has 1 fully saturated rings. The number of aromatic nitrogens is 1. The van der Waals surface area contributed by atoms with E-state index in [0.717, 1.165) is 25.7 Å². The Morgan fingerprint density at radius 2 is 2.00 bits per heavy atom. The second-order valence-electron chi connectivity index (χ2n) is 6.46. The number of rotatable bonds is 4. The van der Waals surface area contributed by atoms with Crippen molar-refractivity contribution in [2.24, 2.45) is 11.7 Å². The Bertz CT molecular complexity index is 762. The van der Waals surface area contributed by atoms with Crippen molar-refractivity contribution in [3.8, 4) is 11.1 Å². The maximum absolute atomic E-state index is 14.5. The van der Waals surface area contributed by atoms with Gasteiger partial charge in [-0.05, 0) is 43.0 Å². The molecule has 1 aromatic heterocycles. The zero-order valence-corrected chi connectivity index (χ0v) is 14.6. The molecule has 0 aliphatic heterocycles. The van der Waals surface area contributed by atoms with Gasteiger partial charge in [0, 0.05) is 29.2 Å². The lowest BCUT2D eigenvalue weighted by atomic mass is 9.84. The molecule has 0 bridgehead atoms. The van der Waals surface area contributed by atoms with E-state index in [-0.39, 0.29) is 11.8 Å². The Morgan fingerprint density at radius 3 is 2.68 bits per heavy atom. The first kappa shape index (κ1) is 17.8. The summed E-state index contributed by atoms with van der Waals surface area (Å²) in [4.78, 5) is 16.3. The van der Waals surface area contributed by atoms with Crippen molar-refractivity contribution in [1.29, 1.82) is 0 Å². The van der Waals surface area contributed by atoms with E-state index in [2.05, 4.69) is 10.3 Å². The molecule has 1 atom stereocenters. The van der Waals surface area contributed by atoms with Crippen molar-refractivity contribution in [2.45, 2.75) is 38.1 Å². The van der Waals surface area contributed by atoms with Crippen LogP contribution in [0.15, 0.2) is 36.7 Å². The largest absolute Gasteiger partial charge is 0.325 e. The van der Waals surface area contributed by atoms with E-state index in [9.17, 15) is 9.18 Å². The lowest BCUT2D eigenvalue weighted by molar-refractivity contribution is -0.118. The molecular weight excluding hydrogens is 341 g/mol. The minimum atomic E-state index is -0.559. The summed E-state index contributed by atoms with van der Waals surface area (Å²) >= 11 is 6.09. The Balaban J connectivity index is 1.72. The van der Waals surface area contributed by atoms with Gasteiger partial charge in [0.25, 0.3) is 0 Å². The van der Waals surface area contributed by atoms with Crippen LogP contribution in [0.3, 0.4) is 0 Å². The highest BCUT2D eigenvalue weighted by molar-refractivity contribution is 6.33. The van der Waals surface area contributed by atoms with Gasteiger partial charge < -0.3 is 11.1 Å². The molecule has 3 rings (SSSR count). The van der Waals surface area contributed by atoms with Gasteiger partial charge in [0.15, 0.2) is 0 Å². The van der Waals surface area contributed by atoms with E-state index in [0.29, 0.717) is 21.8 Å². The number of nitrogens with one attached hydrogen (secondary N) is 1. The van der Waals surface area contributed by atoms with Crippen LogP contribution >= 0.6 is 11.6 Å². The van der Waals surface area contributed by atoms with Gasteiger partial charge >= 0.3 is 0 Å². The third-order valence-corrected chi connectivity index (χ3v) is 5.08. The maximum atomic E-state index is 14.5. The monoisotopic (exact) mass is 361 g/mol. The lowest BCUT2D eigenvalue weighted by Gasteiger charge is -2.26. The molecular formula is C19H21ClFN3O. The first-order valence-corrected chi connectivity index (χ1v) is 8.90. The Kier molecular flexibility index (Phi) is 5.66. The summed E-state index contributed by atoms with van der Waals surface area (Å²) in [6, 6.07) is 5.56. The first-order valence-electron chi connectivity index (χ1n) is 8.52. The molecule has 0 spiro atoms. The molecule has 6 heteroatoms. The van der Waals surface area contributed by atoms with Crippen LogP contribution in [0.2, 0.25) is 5.02 Å². The van der Waals surface area contributed by atoms with Crippen molar-refractivity contribution in [3.63, 3.8) is 0 Å². The number of nitrogens with two attached hydrogens (primary N) is 1. The molecule has 1 aliphatic carbocycles. The molecule has 2 aromatic rings. The molecule has 0 unspecified atom stereocenters. The molecule has 132 valence electrons. The van der Waals surface area contributed by atoms with E-state index in [1.54, 1.807) is 24.4 Å². The number of pyridine rings is 1. The number of carbonyl (C=O) groups is 1. The molecule has 1 aromatic carbocycles. The number of anilines is 1. The fourth-order valence-electron chi connectivity index (χ4n) is 3.32. The normalized spacial score (nSPS) is 16.4. The number of hydrogen-bond donors (Lipinski definition) is 2. The Hall–Kier alpha value is -1.98. The Labute approximate surface area is 151 Å². The van der Waals surface area contributed by atoms with Gasteiger partial charge in [-0.25, -0.2) is 4.39 Å². The van der Waals surface area contributed by atoms with Gasteiger partial charge in [-0.1, -0.05) is 30.9 Å². The average molecular weight is 362 g/mol. The minimum Gasteiger partial charge on any atom is -0.325 e. The van der Waals surface area contributed by atoms with Crippen molar-refractivity contribution in [3.05, 3.63) is 47.5 Å². The quantitative estimate of drug-likeness (QED) is 0.848. The molecule has 0 radical (unpaired) electrons. The highest BCUT2D eigenvalue weighted by Crippen LogP contribution is 2.31. The van der Waals surface area contributed by atoms with Crippen LogP contribution < -0.4 is 11.1 Å². The zero-order valence-electron chi connectivity index (χ0n) is 13.8. The number of hydrogen-bond acceptors (Lipinski definition) is 3. The predicted octanol–water partition coefficient (Wildman–Crippen LogP) is 4.39. The molecule has 1 amide bonds. The van der Waals surface area contributed by atoms with Crippen LogP contribution in [-0.4, -0.2) is 16.9 Å². The van der Waals surface area contributed by atoms with Crippen LogP contribution in [0.5, 0.6) is 0 Å². The smallest absolute Gasteiger partial charge is 0.241 e. The van der Waals surface area contributed by atoms with Crippen molar-refractivity contribution < 1.29 is 9.18 Å². The number of benzene rings is 1. The first-order chi connectivity index (χ1) is 12.1. The molecule has 25 heavy (non-hydrogen) atoms. The van der Waals surface area contributed by atoms with Gasteiger partial charge in [0.05, 0.1) is 11.1 Å². The standard InChI is InChI=1S/C19H21ClFN3O/c20-16-8-9-23-11-15(16)14-7-6-13(10-17(14)21)24-19(25)18(22)12-4-2-1-3-5-12/h6-12,18H,1-5,22H2,(H,24,25)/t18-/m0/s1. The van der Waals surface area contributed by atoms with Crippen LogP contribution in [0.25, 0.3) is 11.1 Å². The van der Waals surface area contributed by atoms with E-state index in [1.165, 1.54) is 18.7 Å². The summed E-state index contributed by atoms with van der Waals surface area (Å²) in [5, 5.41) is 3.14. The van der Waals surface area contributed by atoms with Crippen LogP contribution in [0.4, 0.5) is 10.1 Å². The van der Waals surface area contributed by atoms with E-state index >= 15 is 0 Å². The SMILES string of the molecule is N[C@H](C(=O)Nc1ccc(-c2cnccc2Cl)c(F)c1)C1CCCCC1. The van der Waals surface area contributed by atoms with Crippen LogP contribution in [-0.2, 0) is 4.79 Å². The topological polar surface area (TPSA) is 68.0 Å². The molecule has 3 N–H and O–H groups in total. The number of nitrogens with zero attached hydrogens (tertiary/aromatic N) is 1. The van der Waals surface area contributed by atoms with Gasteiger partial charge in [-0.2, -0.15) is 0 Å². The second-order valence-corrected chi connectivity index (χ2v) is 6.87. The van der Waals surface area contributed by atoms with Crippen LogP contribution in [0.1, 0.15) is 32.1 Å². The maximum Gasteiger partial charge on any atom is 0.241 e. The minimum absolute atomic E-state index is 0.201. The third kappa shape index (κ3) is 4.17. The summed E-state index contributed by atoms with van der Waals surface area (Å²) in [6.07, 6.45) is 8.43. The zero-order chi connectivity index (χ0) is 17.8. The number of amides is 1. The predicted molar refractivity (Wildman–Crippen MR) is 97.8 cm³/mol. The number of halogens is 2. The van der Waals surface area contributed by atoms with Crippen molar-refractivity contribution in [2.75, 3.05) is 5.32 Å². The summed E-state index contributed by atoms with van der Waals surface area (Å²) in [5.74, 6) is -0.538. The third-order valence-electron chi connectivity index (χ3n) is 4.76. The lowest BCUT2D eigenvalue weighted by Crippen LogP contribution is -2.42. The van der Waals surface area contributed by atoms with Gasteiger partial charge in [-0.3, -0.25) is 9.78 Å². The van der Waals surface area contributed by atoms with E-state index in [4.69, 9.17) is 17.3 Å². The molecule has 1 saturated carbocycles. The van der Waals surface area contributed by atoms with Gasteiger partial charge in [0.1, 0.15) is 5.82 Å². The highest BCUT2D eigenvalue weighted by atomic mass is 35.5. The second kappa shape index (κ2) is 7.93. The highest BCUT2D eigenvalue weighted by Gasteiger charge is 2.26. The fraction of sp³-hybridized carbons (Fsp3) is 0.368. The van der Waals surface area contributed by atoms with Crippen molar-refractivity contribution in [1.82, 2.24) is 4.98 Å². The molecule has 1 heterocycles. The number of carbonyl (C=O) groups excluding carboxylic acids is 1. The van der Waals surface area contributed by atoms with E-state index < -0.39 is 11.9 Å². The summed E-state index contributed by atoms with van der Waals surface area (Å²) in [6.45, 7) is 0. The summed E-state index contributed by atoms with van der Waals surface area (Å²) in [7, 11) is 0. The molecule has 0 saturated heterocycles. The fourth-order valence-corrected chi connectivity index (χ4v) is 3.53.